The summed E-state index contributed by atoms with van der Waals surface area (Å²) in [5.74, 6) is 0. The number of hydrogen-bond donors (Lipinski definition) is 1. The van der Waals surface area contributed by atoms with E-state index >= 15 is 0 Å². The Hall–Kier alpha value is 0.110. The van der Waals surface area contributed by atoms with E-state index in [4.69, 9.17) is 46.4 Å². The number of nitrogens with one attached hydrogen (secondary N) is 1. The van der Waals surface area contributed by atoms with Gasteiger partial charge >= 0.3 is 0 Å². The van der Waals surface area contributed by atoms with Gasteiger partial charge in [0.25, 0.3) is 0 Å². The second-order valence-electron chi connectivity index (χ2n) is 2.23. The van der Waals surface area contributed by atoms with E-state index in [1.807, 2.05) is 6.92 Å². The molecule has 13 heavy (non-hydrogen) atoms. The molecule has 0 aromatic carbocycles. The number of aromatic nitrogens is 1. The summed E-state index contributed by atoms with van der Waals surface area (Å²) in [6, 6.07) is 0. The van der Waals surface area contributed by atoms with Crippen LogP contribution in [0.4, 0.5) is 5.69 Å². The maximum atomic E-state index is 5.85. The first kappa shape index (κ1) is 11.2. The minimum Gasteiger partial charge on any atom is -0.383 e. The summed E-state index contributed by atoms with van der Waals surface area (Å²) in [7, 11) is 0. The Morgan fingerprint density at radius 2 is 1.54 bits per heavy atom. The normalized spacial score (nSPS) is 10.2. The highest BCUT2D eigenvalue weighted by Crippen LogP contribution is 2.38. The number of anilines is 1. The van der Waals surface area contributed by atoms with Gasteiger partial charge in [0.05, 0.1) is 5.69 Å². The molecule has 2 nitrogen and oxygen atoms in total. The van der Waals surface area contributed by atoms with Crippen LogP contribution in [0.5, 0.6) is 0 Å². The van der Waals surface area contributed by atoms with E-state index < -0.39 is 0 Å². The molecule has 0 bridgehead atoms. The van der Waals surface area contributed by atoms with E-state index in [0.717, 1.165) is 0 Å². The maximum Gasteiger partial charge on any atom is 0.151 e. The van der Waals surface area contributed by atoms with Crippen LogP contribution in [0.25, 0.3) is 0 Å². The molecule has 6 heteroatoms. The Bertz CT molecular complexity index is 301. The van der Waals surface area contributed by atoms with Crippen molar-refractivity contribution in [3.8, 4) is 0 Å². The Labute approximate surface area is 96.1 Å². The lowest BCUT2D eigenvalue weighted by molar-refractivity contribution is 1.20. The average molecular weight is 260 g/mol. The number of hydrogen-bond acceptors (Lipinski definition) is 2. The third-order valence-corrected chi connectivity index (χ3v) is 2.83. The lowest BCUT2D eigenvalue weighted by Crippen LogP contribution is -1.99. The third-order valence-electron chi connectivity index (χ3n) is 1.35. The number of rotatable bonds is 2. The van der Waals surface area contributed by atoms with Crippen molar-refractivity contribution in [2.45, 2.75) is 6.92 Å². The number of halogens is 4. The largest absolute Gasteiger partial charge is 0.383 e. The van der Waals surface area contributed by atoms with E-state index in [0.29, 0.717) is 12.2 Å². The van der Waals surface area contributed by atoms with E-state index in [1.165, 1.54) is 0 Å². The molecule has 0 unspecified atom stereocenters. The van der Waals surface area contributed by atoms with Gasteiger partial charge in [-0.25, -0.2) is 4.98 Å². The van der Waals surface area contributed by atoms with Crippen LogP contribution in [0.2, 0.25) is 20.4 Å². The molecule has 0 aliphatic rings. The minimum absolute atomic E-state index is 0.145. The molecule has 0 saturated heterocycles. The lowest BCUT2D eigenvalue weighted by atomic mass is 10.4. The van der Waals surface area contributed by atoms with Crippen molar-refractivity contribution in [3.63, 3.8) is 0 Å². The highest BCUT2D eigenvalue weighted by atomic mass is 35.5. The van der Waals surface area contributed by atoms with Crippen molar-refractivity contribution < 1.29 is 0 Å². The highest BCUT2D eigenvalue weighted by Gasteiger charge is 2.14. The van der Waals surface area contributed by atoms with E-state index in [1.54, 1.807) is 0 Å². The second kappa shape index (κ2) is 4.56. The molecule has 1 rings (SSSR count). The molecule has 0 fully saturated rings. The van der Waals surface area contributed by atoms with Crippen molar-refractivity contribution in [3.05, 3.63) is 20.4 Å². The standard InChI is InChI=1S/C7H6Cl4N2/c1-2-12-5-3(8)6(10)13-7(11)4(5)9/h2H2,1H3,(H,12,13). The first-order valence-electron chi connectivity index (χ1n) is 3.51. The Morgan fingerprint density at radius 3 is 1.92 bits per heavy atom. The zero-order valence-corrected chi connectivity index (χ0v) is 9.69. The molecule has 0 saturated carbocycles. The van der Waals surface area contributed by atoms with E-state index in [9.17, 15) is 0 Å². The summed E-state index contributed by atoms with van der Waals surface area (Å²) in [5.41, 5.74) is 0.524. The topological polar surface area (TPSA) is 24.9 Å². The molecule has 0 aliphatic carbocycles. The van der Waals surface area contributed by atoms with Crippen LogP contribution in [-0.2, 0) is 0 Å². The van der Waals surface area contributed by atoms with Gasteiger partial charge in [0, 0.05) is 6.54 Å². The predicted octanol–water partition coefficient (Wildman–Crippen LogP) is 4.13. The van der Waals surface area contributed by atoms with Crippen molar-refractivity contribution >= 4 is 52.1 Å². The first-order chi connectivity index (χ1) is 6.07. The lowest BCUT2D eigenvalue weighted by Gasteiger charge is -2.09. The quantitative estimate of drug-likeness (QED) is 0.808. The molecule has 1 aromatic rings. The molecule has 0 aliphatic heterocycles. The summed E-state index contributed by atoms with van der Waals surface area (Å²) in [4.78, 5) is 3.74. The smallest absolute Gasteiger partial charge is 0.151 e. The highest BCUT2D eigenvalue weighted by molar-refractivity contribution is 6.48. The SMILES string of the molecule is CCNc1c(Cl)c(Cl)nc(Cl)c1Cl. The van der Waals surface area contributed by atoms with Crippen LogP contribution >= 0.6 is 46.4 Å². The van der Waals surface area contributed by atoms with Crippen LogP contribution in [0, 0.1) is 0 Å². The van der Waals surface area contributed by atoms with Crippen LogP contribution in [0.3, 0.4) is 0 Å². The second-order valence-corrected chi connectivity index (χ2v) is 3.70. The first-order valence-corrected chi connectivity index (χ1v) is 5.03. The van der Waals surface area contributed by atoms with Crippen molar-refractivity contribution in [1.82, 2.24) is 4.98 Å². The third kappa shape index (κ3) is 2.32. The fraction of sp³-hybridized carbons (Fsp3) is 0.286. The molecule has 0 spiro atoms. The van der Waals surface area contributed by atoms with Gasteiger partial charge in [0.2, 0.25) is 0 Å². The Morgan fingerprint density at radius 1 is 1.08 bits per heavy atom. The fourth-order valence-corrected chi connectivity index (χ4v) is 1.68. The van der Waals surface area contributed by atoms with Gasteiger partial charge in [-0.3, -0.25) is 0 Å². The minimum atomic E-state index is 0.145. The number of nitrogens with zero attached hydrogens (tertiary/aromatic N) is 1. The summed E-state index contributed by atoms with van der Waals surface area (Å²) < 4.78 is 0. The van der Waals surface area contributed by atoms with Gasteiger partial charge in [-0.2, -0.15) is 0 Å². The van der Waals surface area contributed by atoms with Gasteiger partial charge in [-0.1, -0.05) is 46.4 Å². The fourth-order valence-electron chi connectivity index (χ4n) is 0.819. The molecule has 1 heterocycles. The van der Waals surface area contributed by atoms with Gasteiger partial charge < -0.3 is 5.32 Å². The van der Waals surface area contributed by atoms with Crippen molar-refractivity contribution in [2.24, 2.45) is 0 Å². The zero-order chi connectivity index (χ0) is 10.0. The molecule has 72 valence electrons. The van der Waals surface area contributed by atoms with E-state index in [-0.39, 0.29) is 20.4 Å². The van der Waals surface area contributed by atoms with Crippen molar-refractivity contribution in [1.29, 1.82) is 0 Å². The predicted molar refractivity (Wildman–Crippen MR) is 58.4 cm³/mol. The Balaban J connectivity index is 3.28. The molecular formula is C7H6Cl4N2. The molecule has 1 aromatic heterocycles. The van der Waals surface area contributed by atoms with Gasteiger partial charge in [-0.15, -0.1) is 0 Å². The molecule has 0 radical (unpaired) electrons. The maximum absolute atomic E-state index is 5.85. The zero-order valence-electron chi connectivity index (χ0n) is 6.67. The summed E-state index contributed by atoms with van der Waals surface area (Å²) in [5, 5.41) is 3.82. The van der Waals surface area contributed by atoms with Gasteiger partial charge in [-0.05, 0) is 6.92 Å². The van der Waals surface area contributed by atoms with Crippen LogP contribution in [0.15, 0.2) is 0 Å². The Kier molecular flexibility index (Phi) is 3.92. The molecule has 0 atom stereocenters. The molecular weight excluding hydrogens is 254 g/mol. The van der Waals surface area contributed by atoms with Gasteiger partial charge in [0.15, 0.2) is 10.3 Å². The molecule has 1 N–H and O–H groups in total. The van der Waals surface area contributed by atoms with Crippen LogP contribution in [-0.4, -0.2) is 11.5 Å². The van der Waals surface area contributed by atoms with Crippen molar-refractivity contribution in [2.75, 3.05) is 11.9 Å². The van der Waals surface area contributed by atoms with Crippen LogP contribution in [0.1, 0.15) is 6.92 Å². The summed E-state index contributed by atoms with van der Waals surface area (Å²) in [6.45, 7) is 2.59. The summed E-state index contributed by atoms with van der Waals surface area (Å²) >= 11 is 23.1. The monoisotopic (exact) mass is 258 g/mol. The molecule has 0 amide bonds. The van der Waals surface area contributed by atoms with Gasteiger partial charge in [0.1, 0.15) is 10.0 Å². The number of pyridine rings is 1. The van der Waals surface area contributed by atoms with Crippen LogP contribution < -0.4 is 5.32 Å². The van der Waals surface area contributed by atoms with E-state index in [2.05, 4.69) is 10.3 Å². The summed E-state index contributed by atoms with van der Waals surface area (Å²) in [6.07, 6.45) is 0. The average Bonchev–Trinajstić information content (AvgIpc) is 2.09.